The largest absolute Gasteiger partial charge is 0.378 e. The van der Waals surface area contributed by atoms with Gasteiger partial charge in [0, 0.05) is 31.0 Å². The standard InChI is InChI=1S/C20H22N6O2S/c1-14(15-2-5-17(6-3-15)26-8-10-28-11-9-26)23-18-7-4-16(12-21-18)19(27)24-20-25-22-13-29-20/h2-7,12-14H,8-11H2,1H3,(H,21,23)(H,24,25,27). The number of nitrogens with one attached hydrogen (secondary N) is 2. The van der Waals surface area contributed by atoms with Crippen LogP contribution in [0.5, 0.6) is 0 Å². The summed E-state index contributed by atoms with van der Waals surface area (Å²) in [4.78, 5) is 18.9. The minimum absolute atomic E-state index is 0.0855. The van der Waals surface area contributed by atoms with E-state index in [2.05, 4.69) is 61.9 Å². The molecule has 1 fully saturated rings. The number of aromatic nitrogens is 3. The van der Waals surface area contributed by atoms with E-state index in [0.29, 0.717) is 16.5 Å². The molecule has 3 aromatic rings. The van der Waals surface area contributed by atoms with Gasteiger partial charge in [-0.15, -0.1) is 10.2 Å². The monoisotopic (exact) mass is 410 g/mol. The van der Waals surface area contributed by atoms with Crippen LogP contribution in [0.15, 0.2) is 48.1 Å². The fourth-order valence-electron chi connectivity index (χ4n) is 3.11. The van der Waals surface area contributed by atoms with Crippen LogP contribution >= 0.6 is 11.3 Å². The number of pyridine rings is 1. The van der Waals surface area contributed by atoms with Crippen LogP contribution in [0.4, 0.5) is 16.6 Å². The van der Waals surface area contributed by atoms with Crippen LogP contribution in [-0.4, -0.2) is 47.4 Å². The lowest BCUT2D eigenvalue weighted by atomic mass is 10.1. The second-order valence-electron chi connectivity index (χ2n) is 6.69. The number of hydrogen-bond donors (Lipinski definition) is 2. The van der Waals surface area contributed by atoms with Crippen molar-refractivity contribution in [3.63, 3.8) is 0 Å². The van der Waals surface area contributed by atoms with Gasteiger partial charge in [-0.3, -0.25) is 10.1 Å². The predicted octanol–water partition coefficient (Wildman–Crippen LogP) is 3.20. The van der Waals surface area contributed by atoms with E-state index in [1.807, 2.05) is 0 Å². The van der Waals surface area contributed by atoms with Crippen molar-refractivity contribution >= 4 is 33.9 Å². The number of anilines is 3. The molecule has 2 aromatic heterocycles. The van der Waals surface area contributed by atoms with Crippen molar-refractivity contribution in [2.45, 2.75) is 13.0 Å². The molecule has 150 valence electrons. The van der Waals surface area contributed by atoms with Gasteiger partial charge in [0.15, 0.2) is 0 Å². The predicted molar refractivity (Wildman–Crippen MR) is 114 cm³/mol. The number of ether oxygens (including phenoxy) is 1. The number of amides is 1. The third-order valence-corrected chi connectivity index (χ3v) is 5.35. The molecular weight excluding hydrogens is 388 g/mol. The number of rotatable bonds is 6. The highest BCUT2D eigenvalue weighted by Gasteiger charge is 2.13. The number of benzene rings is 1. The Morgan fingerprint density at radius 2 is 1.97 bits per heavy atom. The lowest BCUT2D eigenvalue weighted by Gasteiger charge is -2.29. The molecule has 8 nitrogen and oxygen atoms in total. The zero-order valence-corrected chi connectivity index (χ0v) is 16.9. The minimum Gasteiger partial charge on any atom is -0.378 e. The first-order valence-electron chi connectivity index (χ1n) is 9.42. The molecule has 1 atom stereocenters. The van der Waals surface area contributed by atoms with Crippen LogP contribution < -0.4 is 15.5 Å². The molecule has 0 saturated carbocycles. The van der Waals surface area contributed by atoms with Crippen molar-refractivity contribution in [1.82, 2.24) is 15.2 Å². The third-order valence-electron chi connectivity index (χ3n) is 4.74. The van der Waals surface area contributed by atoms with E-state index in [1.165, 1.54) is 22.6 Å². The molecule has 1 aromatic carbocycles. The average Bonchev–Trinajstić information content (AvgIpc) is 3.28. The summed E-state index contributed by atoms with van der Waals surface area (Å²) in [6.45, 7) is 5.49. The quantitative estimate of drug-likeness (QED) is 0.645. The van der Waals surface area contributed by atoms with Gasteiger partial charge in [-0.1, -0.05) is 23.5 Å². The highest BCUT2D eigenvalue weighted by molar-refractivity contribution is 7.13. The maximum absolute atomic E-state index is 12.2. The Morgan fingerprint density at radius 1 is 1.17 bits per heavy atom. The van der Waals surface area contributed by atoms with Crippen molar-refractivity contribution in [1.29, 1.82) is 0 Å². The minimum atomic E-state index is -0.257. The van der Waals surface area contributed by atoms with E-state index in [1.54, 1.807) is 23.8 Å². The summed E-state index contributed by atoms with van der Waals surface area (Å²) in [6.07, 6.45) is 1.55. The Morgan fingerprint density at radius 3 is 2.62 bits per heavy atom. The summed E-state index contributed by atoms with van der Waals surface area (Å²) in [5, 5.41) is 14.0. The van der Waals surface area contributed by atoms with E-state index in [4.69, 9.17) is 4.74 Å². The SMILES string of the molecule is CC(Nc1ccc(C(=O)Nc2nncs2)cn1)c1ccc(N2CCOCC2)cc1. The molecule has 0 aliphatic carbocycles. The van der Waals surface area contributed by atoms with Crippen molar-refractivity contribution in [2.75, 3.05) is 41.8 Å². The Kier molecular flexibility index (Phi) is 5.97. The molecule has 1 aliphatic heterocycles. The zero-order valence-electron chi connectivity index (χ0n) is 16.0. The maximum Gasteiger partial charge on any atom is 0.259 e. The summed E-state index contributed by atoms with van der Waals surface area (Å²) in [7, 11) is 0. The average molecular weight is 411 g/mol. The molecule has 1 saturated heterocycles. The Labute approximate surface area is 172 Å². The van der Waals surface area contributed by atoms with Crippen molar-refractivity contribution in [3.05, 3.63) is 59.2 Å². The molecule has 1 unspecified atom stereocenters. The van der Waals surface area contributed by atoms with Crippen LogP contribution in [0, 0.1) is 0 Å². The van der Waals surface area contributed by atoms with E-state index in [0.717, 1.165) is 26.3 Å². The number of carbonyl (C=O) groups is 1. The topological polar surface area (TPSA) is 92.3 Å². The van der Waals surface area contributed by atoms with Gasteiger partial charge in [-0.2, -0.15) is 0 Å². The van der Waals surface area contributed by atoms with Crippen molar-refractivity contribution in [2.24, 2.45) is 0 Å². The molecule has 0 radical (unpaired) electrons. The Bertz CT molecular complexity index is 925. The van der Waals surface area contributed by atoms with Gasteiger partial charge in [0.2, 0.25) is 5.13 Å². The van der Waals surface area contributed by atoms with Crippen LogP contribution in [-0.2, 0) is 4.74 Å². The summed E-state index contributed by atoms with van der Waals surface area (Å²) in [5.41, 5.74) is 4.42. The van der Waals surface area contributed by atoms with Crippen LogP contribution in [0.25, 0.3) is 0 Å². The summed E-state index contributed by atoms with van der Waals surface area (Å²) in [6, 6.07) is 12.2. The molecular formula is C20H22N6O2S. The van der Waals surface area contributed by atoms with Gasteiger partial charge in [-0.25, -0.2) is 4.98 Å². The van der Waals surface area contributed by atoms with Gasteiger partial charge in [0.05, 0.1) is 18.8 Å². The molecule has 0 bridgehead atoms. The van der Waals surface area contributed by atoms with Crippen LogP contribution in [0.3, 0.4) is 0 Å². The van der Waals surface area contributed by atoms with E-state index >= 15 is 0 Å². The smallest absolute Gasteiger partial charge is 0.259 e. The van der Waals surface area contributed by atoms with Crippen molar-refractivity contribution < 1.29 is 9.53 Å². The van der Waals surface area contributed by atoms with Gasteiger partial charge >= 0.3 is 0 Å². The van der Waals surface area contributed by atoms with E-state index in [-0.39, 0.29) is 11.9 Å². The van der Waals surface area contributed by atoms with E-state index < -0.39 is 0 Å². The van der Waals surface area contributed by atoms with Crippen LogP contribution in [0.2, 0.25) is 0 Å². The molecule has 3 heterocycles. The molecule has 1 amide bonds. The second kappa shape index (κ2) is 8.97. The zero-order chi connectivity index (χ0) is 20.1. The first kappa shape index (κ1) is 19.3. The third kappa shape index (κ3) is 4.87. The molecule has 1 aliphatic rings. The first-order chi connectivity index (χ1) is 14.2. The Hall–Kier alpha value is -3.04. The first-order valence-corrected chi connectivity index (χ1v) is 10.3. The van der Waals surface area contributed by atoms with Gasteiger partial charge in [0.1, 0.15) is 11.3 Å². The number of hydrogen-bond acceptors (Lipinski definition) is 8. The number of morpholine rings is 1. The molecule has 2 N–H and O–H groups in total. The molecule has 4 rings (SSSR count). The summed E-state index contributed by atoms with van der Waals surface area (Å²) < 4.78 is 5.41. The fraction of sp³-hybridized carbons (Fsp3) is 0.300. The lowest BCUT2D eigenvalue weighted by molar-refractivity contribution is 0.102. The summed E-state index contributed by atoms with van der Waals surface area (Å²) >= 11 is 1.27. The van der Waals surface area contributed by atoms with Crippen molar-refractivity contribution in [3.8, 4) is 0 Å². The van der Waals surface area contributed by atoms with Gasteiger partial charge in [-0.05, 0) is 36.8 Å². The molecule has 29 heavy (non-hydrogen) atoms. The number of nitrogens with zero attached hydrogens (tertiary/aromatic N) is 4. The molecule has 0 spiro atoms. The highest BCUT2D eigenvalue weighted by Crippen LogP contribution is 2.22. The molecule has 9 heteroatoms. The number of carbonyl (C=O) groups excluding carboxylic acids is 1. The fourth-order valence-corrected chi connectivity index (χ4v) is 3.55. The maximum atomic E-state index is 12.2. The summed E-state index contributed by atoms with van der Waals surface area (Å²) in [5.74, 6) is 0.453. The highest BCUT2D eigenvalue weighted by atomic mass is 32.1. The van der Waals surface area contributed by atoms with Gasteiger partial charge in [0.25, 0.3) is 5.91 Å². The van der Waals surface area contributed by atoms with E-state index in [9.17, 15) is 4.79 Å². The Balaban J connectivity index is 1.35. The lowest BCUT2D eigenvalue weighted by Crippen LogP contribution is -2.36. The normalized spacial score (nSPS) is 15.0. The second-order valence-corrected chi connectivity index (χ2v) is 7.52. The van der Waals surface area contributed by atoms with Gasteiger partial charge < -0.3 is 15.0 Å². The van der Waals surface area contributed by atoms with Crippen LogP contribution in [0.1, 0.15) is 28.9 Å².